The summed E-state index contributed by atoms with van der Waals surface area (Å²) in [5.74, 6) is -2.18. The summed E-state index contributed by atoms with van der Waals surface area (Å²) in [4.78, 5) is 0. The molecule has 1 aliphatic rings. The molecule has 4 nitrogen and oxygen atoms in total. The maximum atomic E-state index is 14.6. The third-order valence-electron chi connectivity index (χ3n) is 5.74. The van der Waals surface area contributed by atoms with Crippen LogP contribution in [0.15, 0.2) is 42.5 Å². The molecule has 1 heterocycles. The van der Waals surface area contributed by atoms with Gasteiger partial charge >= 0.3 is 0 Å². The van der Waals surface area contributed by atoms with E-state index in [0.29, 0.717) is 23.4 Å². The van der Waals surface area contributed by atoms with E-state index >= 15 is 0 Å². The number of hydrogen-bond donors (Lipinski definition) is 2. The molecular formula is C24H23ClF2O4. The van der Waals surface area contributed by atoms with Gasteiger partial charge in [0.25, 0.3) is 0 Å². The average Bonchev–Trinajstić information content (AvgIpc) is 2.78. The minimum Gasteiger partial charge on any atom is -0.494 e. The first-order chi connectivity index (χ1) is 14.9. The van der Waals surface area contributed by atoms with Gasteiger partial charge in [0.05, 0.1) is 37.1 Å². The first-order valence-corrected chi connectivity index (χ1v) is 10.5. The number of aliphatic hydroxyl groups excluding tert-OH is 2. The van der Waals surface area contributed by atoms with Gasteiger partial charge in [-0.2, -0.15) is 4.39 Å². The van der Waals surface area contributed by atoms with E-state index in [0.717, 1.165) is 16.3 Å². The number of benzene rings is 3. The van der Waals surface area contributed by atoms with Crippen molar-refractivity contribution in [2.45, 2.75) is 37.6 Å². The first kappa shape index (κ1) is 22.0. The Morgan fingerprint density at radius 3 is 2.52 bits per heavy atom. The SMILES string of the molecule is COc1ccc(Cc2cc([C@H]3CC(O)C[C@@H](CO)O3)c3ccccc3c2Cl)c(F)c1F. The number of aliphatic hydroxyl groups is 2. The van der Waals surface area contributed by atoms with Gasteiger partial charge < -0.3 is 19.7 Å². The maximum absolute atomic E-state index is 14.6. The zero-order valence-electron chi connectivity index (χ0n) is 16.9. The number of ether oxygens (including phenoxy) is 2. The average molecular weight is 449 g/mol. The predicted octanol–water partition coefficient (Wildman–Crippen LogP) is 4.94. The molecule has 7 heteroatoms. The summed E-state index contributed by atoms with van der Waals surface area (Å²) in [6.07, 6.45) is -0.738. The van der Waals surface area contributed by atoms with Crippen LogP contribution in [-0.2, 0) is 11.2 Å². The molecule has 0 saturated carbocycles. The quantitative estimate of drug-likeness (QED) is 0.580. The second kappa shape index (κ2) is 9.09. The first-order valence-electron chi connectivity index (χ1n) is 10.1. The molecule has 0 amide bonds. The van der Waals surface area contributed by atoms with Crippen LogP contribution in [0.2, 0.25) is 5.02 Å². The summed E-state index contributed by atoms with van der Waals surface area (Å²) in [5, 5.41) is 21.9. The fourth-order valence-corrected chi connectivity index (χ4v) is 4.49. The lowest BCUT2D eigenvalue weighted by molar-refractivity contribution is -0.113. The zero-order chi connectivity index (χ0) is 22.1. The second-order valence-corrected chi connectivity index (χ2v) is 8.15. The van der Waals surface area contributed by atoms with E-state index in [9.17, 15) is 19.0 Å². The normalized spacial score (nSPS) is 21.4. The Morgan fingerprint density at radius 1 is 1.06 bits per heavy atom. The van der Waals surface area contributed by atoms with E-state index in [1.54, 1.807) is 0 Å². The topological polar surface area (TPSA) is 58.9 Å². The van der Waals surface area contributed by atoms with Crippen LogP contribution in [0.25, 0.3) is 10.8 Å². The lowest BCUT2D eigenvalue weighted by Gasteiger charge is -2.33. The van der Waals surface area contributed by atoms with Crippen molar-refractivity contribution < 1.29 is 28.5 Å². The smallest absolute Gasteiger partial charge is 0.200 e. The van der Waals surface area contributed by atoms with E-state index in [1.165, 1.54) is 19.2 Å². The van der Waals surface area contributed by atoms with Gasteiger partial charge in [0, 0.05) is 24.6 Å². The highest BCUT2D eigenvalue weighted by Gasteiger charge is 2.31. The second-order valence-electron chi connectivity index (χ2n) is 7.77. The summed E-state index contributed by atoms with van der Waals surface area (Å²) in [5.41, 5.74) is 1.56. The van der Waals surface area contributed by atoms with Crippen LogP contribution in [0, 0.1) is 11.6 Å². The van der Waals surface area contributed by atoms with Gasteiger partial charge in [0.15, 0.2) is 11.6 Å². The number of halogens is 3. The third kappa shape index (κ3) is 4.26. The Morgan fingerprint density at radius 2 is 1.81 bits per heavy atom. The van der Waals surface area contributed by atoms with E-state index in [-0.39, 0.29) is 24.3 Å². The molecule has 164 valence electrons. The molecule has 2 N–H and O–H groups in total. The summed E-state index contributed by atoms with van der Waals surface area (Å²) >= 11 is 6.67. The van der Waals surface area contributed by atoms with Crippen LogP contribution in [0.5, 0.6) is 5.75 Å². The summed E-state index contributed by atoms with van der Waals surface area (Å²) in [7, 11) is 1.28. The number of fused-ring (bicyclic) bond motifs is 1. The highest BCUT2D eigenvalue weighted by Crippen LogP contribution is 2.40. The molecule has 1 aliphatic heterocycles. The fraction of sp³-hybridized carbons (Fsp3) is 0.333. The molecule has 0 aliphatic carbocycles. The van der Waals surface area contributed by atoms with Gasteiger partial charge in [0.1, 0.15) is 0 Å². The number of hydrogen-bond acceptors (Lipinski definition) is 4. The molecule has 0 bridgehead atoms. The van der Waals surface area contributed by atoms with Crippen LogP contribution in [0.4, 0.5) is 8.78 Å². The largest absolute Gasteiger partial charge is 0.494 e. The Bertz CT molecular complexity index is 1100. The molecule has 3 aromatic rings. The molecule has 31 heavy (non-hydrogen) atoms. The van der Waals surface area contributed by atoms with Crippen LogP contribution < -0.4 is 4.74 Å². The van der Waals surface area contributed by atoms with Gasteiger partial charge in [-0.3, -0.25) is 0 Å². The van der Waals surface area contributed by atoms with E-state index in [1.807, 2.05) is 30.3 Å². The molecule has 3 atom stereocenters. The van der Waals surface area contributed by atoms with Crippen LogP contribution in [-0.4, -0.2) is 36.1 Å². The monoisotopic (exact) mass is 448 g/mol. The summed E-state index contributed by atoms with van der Waals surface area (Å²) in [6.45, 7) is -0.192. The molecule has 0 spiro atoms. The van der Waals surface area contributed by atoms with E-state index in [4.69, 9.17) is 21.1 Å². The molecule has 0 radical (unpaired) electrons. The molecule has 4 rings (SSSR count). The van der Waals surface area contributed by atoms with Gasteiger partial charge in [-0.25, -0.2) is 4.39 Å². The molecule has 1 fully saturated rings. The Balaban J connectivity index is 1.80. The van der Waals surface area contributed by atoms with Crippen molar-refractivity contribution in [1.29, 1.82) is 0 Å². The van der Waals surface area contributed by atoms with Crippen LogP contribution >= 0.6 is 11.6 Å². The summed E-state index contributed by atoms with van der Waals surface area (Å²) in [6, 6.07) is 12.2. The van der Waals surface area contributed by atoms with E-state index < -0.39 is 29.9 Å². The summed E-state index contributed by atoms with van der Waals surface area (Å²) < 4.78 is 39.7. The van der Waals surface area contributed by atoms with Crippen molar-refractivity contribution in [2.75, 3.05) is 13.7 Å². The van der Waals surface area contributed by atoms with Gasteiger partial charge in [-0.05, 0) is 28.1 Å². The lowest BCUT2D eigenvalue weighted by Crippen LogP contribution is -2.33. The van der Waals surface area contributed by atoms with Crippen molar-refractivity contribution in [2.24, 2.45) is 0 Å². The van der Waals surface area contributed by atoms with Crippen LogP contribution in [0.3, 0.4) is 0 Å². The zero-order valence-corrected chi connectivity index (χ0v) is 17.7. The van der Waals surface area contributed by atoms with Crippen molar-refractivity contribution >= 4 is 22.4 Å². The third-order valence-corrected chi connectivity index (χ3v) is 6.19. The number of methoxy groups -OCH3 is 1. The van der Waals surface area contributed by atoms with Gasteiger partial charge in [-0.1, -0.05) is 48.0 Å². The van der Waals surface area contributed by atoms with Gasteiger partial charge in [0.2, 0.25) is 5.82 Å². The molecule has 1 saturated heterocycles. The van der Waals surface area contributed by atoms with Crippen molar-refractivity contribution in [1.82, 2.24) is 0 Å². The van der Waals surface area contributed by atoms with Crippen molar-refractivity contribution in [3.8, 4) is 5.75 Å². The molecular weight excluding hydrogens is 426 g/mol. The highest BCUT2D eigenvalue weighted by molar-refractivity contribution is 6.36. The fourth-order valence-electron chi connectivity index (χ4n) is 4.20. The van der Waals surface area contributed by atoms with Crippen LogP contribution in [0.1, 0.15) is 35.6 Å². The Kier molecular flexibility index (Phi) is 6.44. The molecule has 3 aromatic carbocycles. The maximum Gasteiger partial charge on any atom is 0.200 e. The van der Waals surface area contributed by atoms with E-state index in [2.05, 4.69) is 0 Å². The minimum absolute atomic E-state index is 0.0715. The molecule has 1 unspecified atom stereocenters. The Hall–Kier alpha value is -2.25. The Labute approximate surface area is 184 Å². The van der Waals surface area contributed by atoms with Crippen molar-refractivity contribution in [3.63, 3.8) is 0 Å². The predicted molar refractivity (Wildman–Crippen MR) is 115 cm³/mol. The van der Waals surface area contributed by atoms with Gasteiger partial charge in [-0.15, -0.1) is 0 Å². The highest BCUT2D eigenvalue weighted by atomic mass is 35.5. The molecule has 0 aromatic heterocycles. The standard InChI is InChI=1S/C24H23ClF2O4/c1-30-20-7-6-13(23(26)24(20)27)8-14-9-19(17-4-2-3-5-18(17)22(14)25)21-11-15(29)10-16(12-28)31-21/h2-7,9,15-16,21,28-29H,8,10-12H2,1H3/t15?,16-,21+/m0/s1. The minimum atomic E-state index is -1.04. The number of rotatable bonds is 5. The van der Waals surface area contributed by atoms with Crippen molar-refractivity contribution in [3.05, 3.63) is 75.8 Å². The lowest BCUT2D eigenvalue weighted by atomic mass is 9.90.